The summed E-state index contributed by atoms with van der Waals surface area (Å²) >= 11 is 8.09. The van der Waals surface area contributed by atoms with E-state index in [0.29, 0.717) is 58.8 Å². The van der Waals surface area contributed by atoms with E-state index in [4.69, 9.17) is 25.8 Å². The van der Waals surface area contributed by atoms with Crippen LogP contribution in [-0.2, 0) is 11.2 Å². The van der Waals surface area contributed by atoms with Crippen molar-refractivity contribution in [3.63, 3.8) is 0 Å². The number of nitrogens with one attached hydrogen (secondary N) is 2. The minimum Gasteiger partial charge on any atom is -0.463 e. The molecule has 4 heterocycles. The number of thioether (sulfide) groups is 1. The fourth-order valence-corrected chi connectivity index (χ4v) is 6.50. The number of imidazole rings is 1. The number of nitrogens with zero attached hydrogens (tertiary/aromatic N) is 2. The first-order valence-electron chi connectivity index (χ1n) is 10.9. The number of hydrogen-bond acceptors (Lipinski definition) is 8. The number of aliphatic hydroxyl groups excluding tert-OH is 1. The Balaban J connectivity index is 1.22. The number of aliphatic hydroxyl groups is 1. The quantitative estimate of drug-likeness (QED) is 0.460. The highest BCUT2D eigenvalue weighted by Gasteiger charge is 2.48. The third-order valence-corrected chi connectivity index (χ3v) is 8.20. The highest BCUT2D eigenvalue weighted by atomic mass is 35.5. The molecule has 0 spiro atoms. The number of aryl methyl sites for hydroxylation is 1. The van der Waals surface area contributed by atoms with Crippen LogP contribution in [0, 0.1) is 5.82 Å². The predicted octanol–water partition coefficient (Wildman–Crippen LogP) is 3.78. The lowest BCUT2D eigenvalue weighted by atomic mass is 10.1. The van der Waals surface area contributed by atoms with E-state index in [2.05, 4.69) is 20.3 Å². The normalized spacial score (nSPS) is 27.7. The SMILES string of the molecule is O[C@@H]1CS[C@H]2[C@@H]1OC[C@H]2Oc1nc2nc(NC3CCc4cc(OCF)cc(F)c43)c(Cl)cc2[nH]1. The molecule has 6 rings (SSSR count). The van der Waals surface area contributed by atoms with Gasteiger partial charge in [0.1, 0.15) is 23.5 Å². The standard InChI is InChI=1S/C22H21ClF2N4O4S/c23-11-5-14-21(29-22(27-14)33-16-6-31-18-15(30)7-34-19(16)18)28-20(11)26-13-2-1-9-3-10(32-8-24)4-12(25)17(9)13/h3-5,13,15-16,18-19,30H,1-2,6-8H2,(H2,26,27,28,29)/t13?,15-,16-,18-,19-/m1/s1. The van der Waals surface area contributed by atoms with Crippen molar-refractivity contribution in [2.45, 2.75) is 42.4 Å². The molecule has 5 atom stereocenters. The van der Waals surface area contributed by atoms with Gasteiger partial charge in [-0.25, -0.2) is 13.8 Å². The Labute approximate surface area is 202 Å². The third kappa shape index (κ3) is 3.84. The second-order valence-electron chi connectivity index (χ2n) is 8.52. The second-order valence-corrected chi connectivity index (χ2v) is 10.1. The van der Waals surface area contributed by atoms with Gasteiger partial charge in [0.25, 0.3) is 6.01 Å². The molecule has 1 unspecified atom stereocenters. The van der Waals surface area contributed by atoms with Crippen molar-refractivity contribution in [3.8, 4) is 11.8 Å². The zero-order valence-electron chi connectivity index (χ0n) is 17.8. The van der Waals surface area contributed by atoms with Gasteiger partial charge in [-0.3, -0.25) is 0 Å². The van der Waals surface area contributed by atoms with E-state index in [-0.39, 0.29) is 29.2 Å². The summed E-state index contributed by atoms with van der Waals surface area (Å²) in [6.07, 6.45) is 0.305. The number of ether oxygens (including phenoxy) is 3. The topological polar surface area (TPSA) is 102 Å². The van der Waals surface area contributed by atoms with Crippen LogP contribution in [-0.4, -0.2) is 62.8 Å². The molecule has 3 aromatic rings. The summed E-state index contributed by atoms with van der Waals surface area (Å²) in [5.41, 5.74) is 2.27. The molecular formula is C22H21ClF2N4O4S. The Bertz CT molecular complexity index is 1250. The number of rotatable bonds is 6. The molecule has 1 aliphatic carbocycles. The van der Waals surface area contributed by atoms with Crippen LogP contribution >= 0.6 is 23.4 Å². The zero-order valence-corrected chi connectivity index (χ0v) is 19.3. The average molecular weight is 511 g/mol. The molecule has 0 bridgehead atoms. The van der Waals surface area contributed by atoms with Gasteiger partial charge in [-0.2, -0.15) is 4.98 Å². The van der Waals surface area contributed by atoms with Gasteiger partial charge < -0.3 is 29.6 Å². The summed E-state index contributed by atoms with van der Waals surface area (Å²) in [5, 5.41) is 13.6. The summed E-state index contributed by atoms with van der Waals surface area (Å²) < 4.78 is 43.7. The Hall–Kier alpha value is -2.34. The predicted molar refractivity (Wildman–Crippen MR) is 123 cm³/mol. The van der Waals surface area contributed by atoms with E-state index in [1.54, 1.807) is 23.9 Å². The molecule has 3 N–H and O–H groups in total. The molecule has 2 fully saturated rings. The molecule has 2 saturated heterocycles. The molecule has 34 heavy (non-hydrogen) atoms. The molecule has 8 nitrogen and oxygen atoms in total. The lowest BCUT2D eigenvalue weighted by molar-refractivity contribution is 0.0149. The number of hydrogen-bond donors (Lipinski definition) is 3. The summed E-state index contributed by atoms with van der Waals surface area (Å²) in [7, 11) is 0. The van der Waals surface area contributed by atoms with E-state index >= 15 is 0 Å². The smallest absolute Gasteiger partial charge is 0.296 e. The van der Waals surface area contributed by atoms with Crippen LogP contribution in [0.4, 0.5) is 14.6 Å². The van der Waals surface area contributed by atoms with Crippen LogP contribution in [0.25, 0.3) is 11.2 Å². The number of fused-ring (bicyclic) bond motifs is 3. The van der Waals surface area contributed by atoms with Crippen molar-refractivity contribution in [1.82, 2.24) is 15.0 Å². The van der Waals surface area contributed by atoms with Crippen LogP contribution < -0.4 is 14.8 Å². The Morgan fingerprint density at radius 1 is 1.32 bits per heavy atom. The first kappa shape index (κ1) is 22.1. The largest absolute Gasteiger partial charge is 0.463 e. The third-order valence-electron chi connectivity index (χ3n) is 6.42. The fraction of sp³-hybridized carbons (Fsp3) is 0.455. The molecule has 12 heteroatoms. The van der Waals surface area contributed by atoms with E-state index in [0.717, 1.165) is 5.56 Å². The van der Waals surface area contributed by atoms with Crippen LogP contribution in [0.1, 0.15) is 23.6 Å². The number of aromatic nitrogens is 3. The van der Waals surface area contributed by atoms with Crippen LogP contribution in [0.5, 0.6) is 11.8 Å². The van der Waals surface area contributed by atoms with Gasteiger partial charge in [0, 0.05) is 17.4 Å². The van der Waals surface area contributed by atoms with Gasteiger partial charge in [-0.05, 0) is 30.5 Å². The Morgan fingerprint density at radius 3 is 3.06 bits per heavy atom. The molecule has 0 amide bonds. The zero-order chi connectivity index (χ0) is 23.4. The maximum Gasteiger partial charge on any atom is 0.296 e. The monoisotopic (exact) mass is 510 g/mol. The Morgan fingerprint density at radius 2 is 2.21 bits per heavy atom. The molecular weight excluding hydrogens is 490 g/mol. The van der Waals surface area contributed by atoms with Crippen molar-refractivity contribution >= 4 is 40.3 Å². The Kier molecular flexibility index (Phi) is 5.67. The molecule has 2 aromatic heterocycles. The summed E-state index contributed by atoms with van der Waals surface area (Å²) in [4.78, 5) is 12.0. The highest BCUT2D eigenvalue weighted by Crippen LogP contribution is 2.40. The minimum atomic E-state index is -1.01. The highest BCUT2D eigenvalue weighted by molar-refractivity contribution is 8.00. The molecule has 2 aliphatic heterocycles. The van der Waals surface area contributed by atoms with Gasteiger partial charge in [-0.1, -0.05) is 11.6 Å². The van der Waals surface area contributed by atoms with Crippen molar-refractivity contribution in [2.24, 2.45) is 0 Å². The fourth-order valence-electron chi connectivity index (χ4n) is 4.89. The number of H-pyrrole nitrogens is 1. The number of anilines is 1. The number of benzene rings is 1. The van der Waals surface area contributed by atoms with Gasteiger partial charge in [0.15, 0.2) is 5.65 Å². The van der Waals surface area contributed by atoms with Gasteiger partial charge in [0.05, 0.1) is 40.6 Å². The second kappa shape index (κ2) is 8.71. The van der Waals surface area contributed by atoms with Gasteiger partial charge >= 0.3 is 0 Å². The lowest BCUT2D eigenvalue weighted by Crippen LogP contribution is -2.32. The van der Waals surface area contributed by atoms with Gasteiger partial charge in [-0.15, -0.1) is 11.8 Å². The van der Waals surface area contributed by atoms with E-state index in [1.165, 1.54) is 6.07 Å². The van der Waals surface area contributed by atoms with Crippen molar-refractivity contribution in [1.29, 1.82) is 0 Å². The van der Waals surface area contributed by atoms with Crippen molar-refractivity contribution in [3.05, 3.63) is 40.2 Å². The minimum absolute atomic E-state index is 0.0464. The number of alkyl halides is 1. The summed E-state index contributed by atoms with van der Waals surface area (Å²) in [5.74, 6) is 0.713. The molecule has 3 aliphatic rings. The molecule has 0 saturated carbocycles. The van der Waals surface area contributed by atoms with Crippen LogP contribution in [0.15, 0.2) is 18.2 Å². The van der Waals surface area contributed by atoms with Crippen molar-refractivity contribution in [2.75, 3.05) is 24.5 Å². The molecule has 180 valence electrons. The van der Waals surface area contributed by atoms with E-state index in [9.17, 15) is 13.9 Å². The van der Waals surface area contributed by atoms with Crippen LogP contribution in [0.2, 0.25) is 5.02 Å². The summed E-state index contributed by atoms with van der Waals surface area (Å²) in [6, 6.07) is 4.49. The van der Waals surface area contributed by atoms with E-state index in [1.807, 2.05) is 0 Å². The maximum atomic E-state index is 14.7. The van der Waals surface area contributed by atoms with Gasteiger partial charge in [0.2, 0.25) is 6.86 Å². The average Bonchev–Trinajstić information content (AvgIpc) is 3.56. The maximum absolute atomic E-state index is 14.7. The number of halogens is 3. The molecule has 1 aromatic carbocycles. The van der Waals surface area contributed by atoms with Crippen LogP contribution in [0.3, 0.4) is 0 Å². The van der Waals surface area contributed by atoms with Crippen molar-refractivity contribution < 1.29 is 28.1 Å². The summed E-state index contributed by atoms with van der Waals surface area (Å²) in [6.45, 7) is -0.632. The first-order chi connectivity index (χ1) is 16.5. The van der Waals surface area contributed by atoms with E-state index < -0.39 is 18.8 Å². The molecule has 0 radical (unpaired) electrons. The lowest BCUT2D eigenvalue weighted by Gasteiger charge is -2.17. The first-order valence-corrected chi connectivity index (χ1v) is 12.3. The number of pyridine rings is 1. The number of aromatic amines is 1.